The first-order valence-electron chi connectivity index (χ1n) is 9.97. The number of nitrogens with zero attached hydrogens (tertiary/aromatic N) is 4. The number of aromatic nitrogens is 2. The molecule has 10 heteroatoms. The molecule has 0 spiro atoms. The van der Waals surface area contributed by atoms with E-state index < -0.39 is 17.6 Å². The van der Waals surface area contributed by atoms with Crippen molar-refractivity contribution >= 4 is 28.6 Å². The number of amides is 1. The maximum absolute atomic E-state index is 12.6. The van der Waals surface area contributed by atoms with Crippen LogP contribution in [0.1, 0.15) is 5.56 Å². The molecule has 0 aliphatic heterocycles. The van der Waals surface area contributed by atoms with Gasteiger partial charge < -0.3 is 24.4 Å². The fourth-order valence-corrected chi connectivity index (χ4v) is 3.14. The van der Waals surface area contributed by atoms with Crippen LogP contribution in [0, 0.1) is 0 Å². The number of imidazole rings is 1. The second-order valence-corrected chi connectivity index (χ2v) is 7.76. The maximum Gasteiger partial charge on any atom is 0.416 e. The van der Waals surface area contributed by atoms with Gasteiger partial charge in [-0.3, -0.25) is 4.79 Å². The van der Waals surface area contributed by atoms with Crippen molar-refractivity contribution in [2.75, 3.05) is 51.1 Å². The highest BCUT2D eigenvalue weighted by Gasteiger charge is 2.30. The number of likely N-dealkylation sites (N-methyl/N-ethyl adjacent to an activating group) is 2. The van der Waals surface area contributed by atoms with Gasteiger partial charge in [0.05, 0.1) is 16.6 Å². The van der Waals surface area contributed by atoms with Gasteiger partial charge in [0.1, 0.15) is 5.75 Å². The van der Waals surface area contributed by atoms with E-state index >= 15 is 0 Å². The number of alkyl halides is 3. The van der Waals surface area contributed by atoms with Crippen LogP contribution < -0.4 is 15.0 Å². The molecule has 0 aliphatic carbocycles. The normalized spacial score (nSPS) is 11.8. The Bertz CT molecular complexity index is 1080. The number of carbonyl (C=O) groups excluding carboxylic acids is 1. The Morgan fingerprint density at radius 2 is 1.78 bits per heavy atom. The summed E-state index contributed by atoms with van der Waals surface area (Å²) in [5.41, 5.74) is 1.44. The maximum atomic E-state index is 12.6. The minimum Gasteiger partial charge on any atom is -0.484 e. The van der Waals surface area contributed by atoms with Gasteiger partial charge in [-0.25, -0.2) is 4.98 Å². The molecule has 1 amide bonds. The first kappa shape index (κ1) is 23.4. The van der Waals surface area contributed by atoms with Crippen molar-refractivity contribution in [1.82, 2.24) is 14.5 Å². The highest BCUT2D eigenvalue weighted by atomic mass is 19.4. The number of rotatable bonds is 8. The van der Waals surface area contributed by atoms with Gasteiger partial charge in [0.15, 0.2) is 6.61 Å². The molecule has 172 valence electrons. The van der Waals surface area contributed by atoms with Crippen LogP contribution in [0.25, 0.3) is 11.0 Å². The SMILES string of the molecule is CN(C)CCN(C)c1nc2cc(NC(=O)COc3ccc(C(F)(F)F)cc3)ccc2n1C. The summed E-state index contributed by atoms with van der Waals surface area (Å²) in [6.07, 6.45) is -4.42. The molecule has 0 fully saturated rings. The number of nitrogens with one attached hydrogen (secondary N) is 1. The third-order valence-corrected chi connectivity index (χ3v) is 4.92. The summed E-state index contributed by atoms with van der Waals surface area (Å²) in [6.45, 7) is 1.37. The summed E-state index contributed by atoms with van der Waals surface area (Å²) >= 11 is 0. The highest BCUT2D eigenvalue weighted by Crippen LogP contribution is 2.30. The smallest absolute Gasteiger partial charge is 0.416 e. The van der Waals surface area contributed by atoms with Gasteiger partial charge in [-0.15, -0.1) is 0 Å². The Morgan fingerprint density at radius 1 is 1.09 bits per heavy atom. The average Bonchev–Trinajstić information content (AvgIpc) is 3.06. The molecule has 1 heterocycles. The van der Waals surface area contributed by atoms with Crippen molar-refractivity contribution in [3.8, 4) is 5.75 Å². The fraction of sp³-hybridized carbons (Fsp3) is 0.364. The summed E-state index contributed by atoms with van der Waals surface area (Å²) in [6, 6.07) is 9.61. The summed E-state index contributed by atoms with van der Waals surface area (Å²) < 4.78 is 45.1. The molecule has 32 heavy (non-hydrogen) atoms. The Morgan fingerprint density at radius 3 is 2.41 bits per heavy atom. The minimum absolute atomic E-state index is 0.179. The number of ether oxygens (including phenoxy) is 1. The van der Waals surface area contributed by atoms with Crippen molar-refractivity contribution < 1.29 is 22.7 Å². The zero-order chi connectivity index (χ0) is 23.5. The molecular formula is C22H26F3N5O2. The standard InChI is InChI=1S/C22H26F3N5O2/c1-28(2)11-12-29(3)21-27-18-13-16(7-10-19(18)30(21)4)26-20(31)14-32-17-8-5-15(6-9-17)22(23,24)25/h5-10,13H,11-12,14H2,1-4H3,(H,26,31). The van der Waals surface area contributed by atoms with Crippen LogP contribution in [0.15, 0.2) is 42.5 Å². The van der Waals surface area contributed by atoms with Crippen molar-refractivity contribution in [2.45, 2.75) is 6.18 Å². The molecule has 7 nitrogen and oxygen atoms in total. The van der Waals surface area contributed by atoms with Crippen molar-refractivity contribution in [2.24, 2.45) is 7.05 Å². The van der Waals surface area contributed by atoms with Crippen LogP contribution in [-0.4, -0.2) is 61.2 Å². The van der Waals surface area contributed by atoms with Crippen LogP contribution in [0.2, 0.25) is 0 Å². The molecule has 2 aromatic carbocycles. The number of hydrogen-bond donors (Lipinski definition) is 1. The molecule has 0 radical (unpaired) electrons. The van der Waals surface area contributed by atoms with E-state index in [0.717, 1.165) is 42.2 Å². The molecule has 1 N–H and O–H groups in total. The molecule has 0 saturated heterocycles. The predicted molar refractivity (Wildman–Crippen MR) is 118 cm³/mol. The quantitative estimate of drug-likeness (QED) is 0.569. The third kappa shape index (κ3) is 5.70. The van der Waals surface area contributed by atoms with Gasteiger partial charge in [-0.1, -0.05) is 0 Å². The first-order valence-corrected chi connectivity index (χ1v) is 9.97. The van der Waals surface area contributed by atoms with Gasteiger partial charge in [-0.05, 0) is 56.6 Å². The van der Waals surface area contributed by atoms with Crippen LogP contribution in [0.3, 0.4) is 0 Å². The van der Waals surface area contributed by atoms with Gasteiger partial charge in [0, 0.05) is 32.9 Å². The largest absolute Gasteiger partial charge is 0.484 e. The van der Waals surface area contributed by atoms with Crippen molar-refractivity contribution in [3.63, 3.8) is 0 Å². The molecule has 0 bridgehead atoms. The number of anilines is 2. The van der Waals surface area contributed by atoms with E-state index in [1.165, 1.54) is 12.1 Å². The Hall–Kier alpha value is -3.27. The lowest BCUT2D eigenvalue weighted by atomic mass is 10.2. The number of fused-ring (bicyclic) bond motifs is 1. The van der Waals surface area contributed by atoms with Crippen LogP contribution in [0.4, 0.5) is 24.8 Å². The highest BCUT2D eigenvalue weighted by molar-refractivity contribution is 5.94. The van der Waals surface area contributed by atoms with E-state index in [-0.39, 0.29) is 12.4 Å². The molecule has 0 saturated carbocycles. The van der Waals surface area contributed by atoms with E-state index in [9.17, 15) is 18.0 Å². The fourth-order valence-electron chi connectivity index (χ4n) is 3.14. The third-order valence-electron chi connectivity index (χ3n) is 4.92. The zero-order valence-corrected chi connectivity index (χ0v) is 18.4. The summed E-state index contributed by atoms with van der Waals surface area (Å²) in [7, 11) is 7.94. The molecule has 0 unspecified atom stereocenters. The van der Waals surface area contributed by atoms with E-state index in [2.05, 4.69) is 20.1 Å². The number of hydrogen-bond acceptors (Lipinski definition) is 5. The van der Waals surface area contributed by atoms with Crippen molar-refractivity contribution in [1.29, 1.82) is 0 Å². The number of aryl methyl sites for hydroxylation is 1. The lowest BCUT2D eigenvalue weighted by molar-refractivity contribution is -0.137. The molecular weight excluding hydrogens is 423 g/mol. The van der Waals surface area contributed by atoms with Gasteiger partial charge in [0.25, 0.3) is 5.91 Å². The van der Waals surface area contributed by atoms with E-state index in [4.69, 9.17) is 4.74 Å². The summed E-state index contributed by atoms with van der Waals surface area (Å²) in [4.78, 5) is 21.1. The van der Waals surface area contributed by atoms with E-state index in [1.54, 1.807) is 12.1 Å². The summed E-state index contributed by atoms with van der Waals surface area (Å²) in [5.74, 6) is 0.568. The first-order chi connectivity index (χ1) is 15.0. The second kappa shape index (κ2) is 9.47. The van der Waals surface area contributed by atoms with Gasteiger partial charge in [0.2, 0.25) is 5.95 Å². The Labute approximate surface area is 184 Å². The number of benzene rings is 2. The molecule has 3 aromatic rings. The van der Waals surface area contributed by atoms with E-state index in [0.29, 0.717) is 5.69 Å². The Balaban J connectivity index is 1.62. The van der Waals surface area contributed by atoms with Crippen LogP contribution in [0.5, 0.6) is 5.75 Å². The topological polar surface area (TPSA) is 62.6 Å². The zero-order valence-electron chi connectivity index (χ0n) is 18.4. The van der Waals surface area contributed by atoms with Crippen LogP contribution >= 0.6 is 0 Å². The van der Waals surface area contributed by atoms with E-state index in [1.807, 2.05) is 38.8 Å². The molecule has 1 aromatic heterocycles. The Kier molecular flexibility index (Phi) is 6.93. The predicted octanol–water partition coefficient (Wildman–Crippen LogP) is 3.61. The van der Waals surface area contributed by atoms with Gasteiger partial charge >= 0.3 is 6.18 Å². The number of halogens is 3. The van der Waals surface area contributed by atoms with Crippen molar-refractivity contribution in [3.05, 3.63) is 48.0 Å². The lowest BCUT2D eigenvalue weighted by Crippen LogP contribution is -2.30. The second-order valence-electron chi connectivity index (χ2n) is 7.76. The molecule has 0 atom stereocenters. The minimum atomic E-state index is -4.42. The van der Waals surface area contributed by atoms with Crippen LogP contribution in [-0.2, 0) is 18.0 Å². The average molecular weight is 449 g/mol. The summed E-state index contributed by atoms with van der Waals surface area (Å²) in [5, 5.41) is 2.72. The monoisotopic (exact) mass is 449 g/mol. The molecule has 3 rings (SSSR count). The molecule has 0 aliphatic rings. The lowest BCUT2D eigenvalue weighted by Gasteiger charge is -2.20. The number of carbonyl (C=O) groups is 1. The van der Waals surface area contributed by atoms with Gasteiger partial charge in [-0.2, -0.15) is 13.2 Å².